The number of rotatable bonds is 20. The molecule has 0 spiro atoms. The van der Waals surface area contributed by atoms with Crippen molar-refractivity contribution in [2.45, 2.75) is 216 Å². The van der Waals surface area contributed by atoms with E-state index in [9.17, 15) is 14.4 Å². The summed E-state index contributed by atoms with van der Waals surface area (Å²) < 4.78 is 17.1. The first-order valence-electron chi connectivity index (χ1n) is 24.8. The number of hydrogen-bond acceptors (Lipinski definition) is 6. The third kappa shape index (κ3) is 14.3. The molecule has 3 amide bonds. The second-order valence-corrected chi connectivity index (χ2v) is 22.5. The molecule has 4 aliphatic carbocycles. The molecule has 0 aromatic heterocycles. The van der Waals surface area contributed by atoms with Crippen molar-refractivity contribution < 1.29 is 28.6 Å². The van der Waals surface area contributed by atoms with E-state index in [0.717, 1.165) is 99.2 Å². The van der Waals surface area contributed by atoms with Gasteiger partial charge in [-0.3, -0.25) is 0 Å². The van der Waals surface area contributed by atoms with Crippen LogP contribution in [0.5, 0.6) is 0 Å². The third-order valence-electron chi connectivity index (χ3n) is 15.6. The molecule has 9 nitrogen and oxygen atoms in total. The Labute approximate surface area is 367 Å². The highest BCUT2D eigenvalue weighted by Gasteiger charge is 2.59. The predicted octanol–water partition coefficient (Wildman–Crippen LogP) is 13.3. The number of ether oxygens (including phenoxy) is 3. The SMILES string of the molecule is CC[C@H](CC[C@@H](C)[C@H]1CC[C@H]2[C@@H]3CC=C4C[C@@H](OC(=O)N(CCCCCCCCNC(=O)OC(C)(C)C)CCCNC(=O)OC(C)(C)C)CC[C@]4(C)[C@H]3CC[C@]12C)C(C)C. The molecule has 0 aliphatic heterocycles. The zero-order valence-corrected chi connectivity index (χ0v) is 40.6. The number of nitrogens with zero attached hydrogens (tertiary/aromatic N) is 1. The summed E-state index contributed by atoms with van der Waals surface area (Å²) in [4.78, 5) is 39.9. The summed E-state index contributed by atoms with van der Waals surface area (Å²) >= 11 is 0. The Morgan fingerprint density at radius 2 is 1.37 bits per heavy atom. The molecular weight excluding hydrogens is 751 g/mol. The van der Waals surface area contributed by atoms with E-state index in [1.807, 2.05) is 46.4 Å². The van der Waals surface area contributed by atoms with Gasteiger partial charge in [-0.1, -0.05) is 91.7 Å². The first-order valence-corrected chi connectivity index (χ1v) is 24.8. The van der Waals surface area contributed by atoms with Gasteiger partial charge < -0.3 is 29.7 Å². The normalized spacial score (nSPS) is 28.7. The van der Waals surface area contributed by atoms with Gasteiger partial charge >= 0.3 is 18.3 Å². The van der Waals surface area contributed by atoms with Crippen molar-refractivity contribution in [1.29, 1.82) is 0 Å². The average Bonchev–Trinajstić information content (AvgIpc) is 3.51. The fraction of sp³-hybridized carbons (Fsp3) is 0.902. The zero-order valence-electron chi connectivity index (χ0n) is 40.6. The maximum Gasteiger partial charge on any atom is 0.410 e. The Morgan fingerprint density at radius 1 is 0.767 bits per heavy atom. The smallest absolute Gasteiger partial charge is 0.410 e. The Bertz CT molecular complexity index is 1400. The van der Waals surface area contributed by atoms with Gasteiger partial charge in [0.25, 0.3) is 0 Å². The average molecular weight is 842 g/mol. The van der Waals surface area contributed by atoms with E-state index in [1.165, 1.54) is 51.4 Å². The van der Waals surface area contributed by atoms with Crippen molar-refractivity contribution in [3.8, 4) is 0 Å². The van der Waals surface area contributed by atoms with Crippen molar-refractivity contribution in [3.63, 3.8) is 0 Å². The summed E-state index contributed by atoms with van der Waals surface area (Å²) in [5.74, 6) is 5.67. The van der Waals surface area contributed by atoms with Gasteiger partial charge in [-0.2, -0.15) is 0 Å². The van der Waals surface area contributed by atoms with E-state index >= 15 is 0 Å². The molecule has 60 heavy (non-hydrogen) atoms. The molecule has 0 bridgehead atoms. The Balaban J connectivity index is 1.28. The summed E-state index contributed by atoms with van der Waals surface area (Å²) in [6, 6.07) is 0. The van der Waals surface area contributed by atoms with Crippen LogP contribution in [-0.4, -0.2) is 66.7 Å². The lowest BCUT2D eigenvalue weighted by molar-refractivity contribution is -0.0595. The molecule has 0 radical (unpaired) electrons. The fourth-order valence-electron chi connectivity index (χ4n) is 12.3. The molecule has 3 fully saturated rings. The van der Waals surface area contributed by atoms with Gasteiger partial charge in [-0.05, 0) is 164 Å². The summed E-state index contributed by atoms with van der Waals surface area (Å²) in [5, 5.41) is 5.69. The molecule has 346 valence electrons. The van der Waals surface area contributed by atoms with Crippen molar-refractivity contribution >= 4 is 18.3 Å². The maximum absolute atomic E-state index is 13.9. The molecule has 3 saturated carbocycles. The molecule has 9 heteroatoms. The van der Waals surface area contributed by atoms with E-state index in [1.54, 1.807) is 5.57 Å². The van der Waals surface area contributed by atoms with Gasteiger partial charge in [0, 0.05) is 32.6 Å². The van der Waals surface area contributed by atoms with E-state index in [4.69, 9.17) is 14.2 Å². The third-order valence-corrected chi connectivity index (χ3v) is 15.6. The van der Waals surface area contributed by atoms with Crippen LogP contribution in [0.2, 0.25) is 0 Å². The number of carbonyl (C=O) groups excluding carboxylic acids is 3. The molecule has 4 aliphatic rings. The number of allylic oxidation sites excluding steroid dienone is 1. The molecule has 0 saturated heterocycles. The number of nitrogens with one attached hydrogen (secondary N) is 2. The fourth-order valence-corrected chi connectivity index (χ4v) is 12.3. The van der Waals surface area contributed by atoms with Crippen LogP contribution in [0.1, 0.15) is 199 Å². The van der Waals surface area contributed by atoms with Gasteiger partial charge in [0.2, 0.25) is 0 Å². The molecule has 2 N–H and O–H groups in total. The van der Waals surface area contributed by atoms with Crippen molar-refractivity contribution in [3.05, 3.63) is 11.6 Å². The summed E-state index contributed by atoms with van der Waals surface area (Å²) in [6.07, 6.45) is 21.9. The minimum atomic E-state index is -0.555. The van der Waals surface area contributed by atoms with Gasteiger partial charge in [0.15, 0.2) is 0 Å². The lowest BCUT2D eigenvalue weighted by Gasteiger charge is -2.58. The second kappa shape index (κ2) is 22.3. The lowest BCUT2D eigenvalue weighted by atomic mass is 9.47. The van der Waals surface area contributed by atoms with Crippen LogP contribution in [0.3, 0.4) is 0 Å². The number of unbranched alkanes of at least 4 members (excludes halogenated alkanes) is 5. The monoisotopic (exact) mass is 842 g/mol. The second-order valence-electron chi connectivity index (χ2n) is 22.5. The quantitative estimate of drug-likeness (QED) is 0.0718. The first kappa shape index (κ1) is 50.2. The van der Waals surface area contributed by atoms with Gasteiger partial charge in [0.1, 0.15) is 17.3 Å². The Kier molecular flexibility index (Phi) is 18.6. The predicted molar refractivity (Wildman–Crippen MR) is 245 cm³/mol. The lowest BCUT2D eigenvalue weighted by Crippen LogP contribution is -2.51. The van der Waals surface area contributed by atoms with Crippen molar-refractivity contribution in [2.75, 3.05) is 26.2 Å². The first-order chi connectivity index (χ1) is 28.2. The number of alkyl carbamates (subject to hydrolysis) is 2. The zero-order chi connectivity index (χ0) is 44.3. The van der Waals surface area contributed by atoms with E-state index in [2.05, 4.69) is 58.3 Å². The van der Waals surface area contributed by atoms with E-state index < -0.39 is 17.3 Å². The summed E-state index contributed by atoms with van der Waals surface area (Å²) in [5.41, 5.74) is 1.19. The Morgan fingerprint density at radius 3 is 1.98 bits per heavy atom. The molecule has 4 rings (SSSR count). The standard InChI is InChI=1S/C51H91N3O6/c1-13-38(36(2)3)22-21-37(4)42-25-26-43-41-24-23-39-35-40(27-29-50(39,11)44(41)28-30-51(42,43)12)58-47(57)54(34-20-32-53-46(56)60-49(8,9)10)33-19-17-15-14-16-18-31-52-45(55)59-48(5,6)7/h23,36-38,40-44H,13-22,24-35H2,1-12H3,(H,52,55)(H,53,56)/t37-,38-,40+,41+,42-,43+,44+,50+,51-/m1/s1. The largest absolute Gasteiger partial charge is 0.446 e. The van der Waals surface area contributed by atoms with Crippen molar-refractivity contribution in [2.24, 2.45) is 52.3 Å². The highest BCUT2D eigenvalue weighted by molar-refractivity contribution is 5.68. The molecule has 0 heterocycles. The van der Waals surface area contributed by atoms with Gasteiger partial charge in [-0.15, -0.1) is 0 Å². The number of carbonyl (C=O) groups is 3. The summed E-state index contributed by atoms with van der Waals surface area (Å²) in [6.45, 7) is 28.4. The van der Waals surface area contributed by atoms with Crippen LogP contribution >= 0.6 is 0 Å². The molecule has 9 atom stereocenters. The number of amides is 3. The van der Waals surface area contributed by atoms with E-state index in [-0.39, 0.29) is 23.7 Å². The molecule has 0 aromatic carbocycles. The van der Waals surface area contributed by atoms with Crippen molar-refractivity contribution in [1.82, 2.24) is 15.5 Å². The van der Waals surface area contributed by atoms with Gasteiger partial charge in [0.05, 0.1) is 0 Å². The van der Waals surface area contributed by atoms with Crippen LogP contribution in [-0.2, 0) is 14.2 Å². The van der Waals surface area contributed by atoms with Crippen LogP contribution in [0, 0.1) is 52.3 Å². The van der Waals surface area contributed by atoms with Crippen LogP contribution < -0.4 is 10.6 Å². The highest BCUT2D eigenvalue weighted by atomic mass is 16.6. The van der Waals surface area contributed by atoms with Crippen LogP contribution in [0.4, 0.5) is 14.4 Å². The van der Waals surface area contributed by atoms with Gasteiger partial charge in [-0.25, -0.2) is 14.4 Å². The Hall–Kier alpha value is -2.45. The summed E-state index contributed by atoms with van der Waals surface area (Å²) in [7, 11) is 0. The molecular formula is C51H91N3O6. The van der Waals surface area contributed by atoms with E-state index in [0.29, 0.717) is 38.0 Å². The minimum Gasteiger partial charge on any atom is -0.446 e. The van der Waals surface area contributed by atoms with Crippen LogP contribution in [0.25, 0.3) is 0 Å². The molecule has 0 unspecified atom stereocenters. The number of hydrogen-bond donors (Lipinski definition) is 2. The molecule has 0 aromatic rings. The topological polar surface area (TPSA) is 106 Å². The maximum atomic E-state index is 13.9. The minimum absolute atomic E-state index is 0.0894. The highest BCUT2D eigenvalue weighted by Crippen LogP contribution is 2.67. The van der Waals surface area contributed by atoms with Crippen LogP contribution in [0.15, 0.2) is 11.6 Å². The number of fused-ring (bicyclic) bond motifs is 5.